The lowest BCUT2D eigenvalue weighted by Gasteiger charge is -2.03. The molecule has 16 heavy (non-hydrogen) atoms. The number of unbranched alkanes of at least 4 members (excludes halogenated alkanes) is 1. The molecule has 0 atom stereocenters. The summed E-state index contributed by atoms with van der Waals surface area (Å²) in [5.41, 5.74) is 0. The van der Waals surface area contributed by atoms with Gasteiger partial charge < -0.3 is 8.37 Å². The van der Waals surface area contributed by atoms with Crippen molar-refractivity contribution in [1.29, 1.82) is 0 Å². The van der Waals surface area contributed by atoms with Crippen molar-refractivity contribution in [2.45, 2.75) is 12.8 Å². The fourth-order valence-electron chi connectivity index (χ4n) is 0.861. The Morgan fingerprint density at radius 1 is 0.812 bits per heavy atom. The summed E-state index contributed by atoms with van der Waals surface area (Å²) >= 11 is 0. The minimum absolute atomic E-state index is 0.163. The molecule has 94 valence electrons. The van der Waals surface area contributed by atoms with E-state index < -0.39 is 20.2 Å². The summed E-state index contributed by atoms with van der Waals surface area (Å²) in [5.74, 6) is -0.523. The van der Waals surface area contributed by atoms with E-state index in [9.17, 15) is 16.8 Å². The van der Waals surface area contributed by atoms with Crippen LogP contribution in [0.2, 0.25) is 0 Å². The van der Waals surface area contributed by atoms with E-state index >= 15 is 0 Å². The minimum atomic E-state index is -3.64. The molecule has 0 amide bonds. The molecule has 0 spiro atoms. The van der Waals surface area contributed by atoms with Crippen LogP contribution in [-0.4, -0.2) is 28.3 Å². The summed E-state index contributed by atoms with van der Waals surface area (Å²) in [5, 5.41) is 0. The van der Waals surface area contributed by atoms with Gasteiger partial charge in [-0.25, -0.2) is 0 Å². The Hall–Kier alpha value is -1.02. The Bertz CT molecular complexity index is 377. The van der Waals surface area contributed by atoms with Gasteiger partial charge in [-0.3, -0.25) is 0 Å². The van der Waals surface area contributed by atoms with Crippen LogP contribution >= 0.6 is 0 Å². The Morgan fingerprint density at radius 3 is 1.38 bits per heavy atom. The Morgan fingerprint density at radius 2 is 1.12 bits per heavy atom. The average molecular weight is 270 g/mol. The van der Waals surface area contributed by atoms with Crippen LogP contribution in [0.15, 0.2) is 25.7 Å². The topological polar surface area (TPSA) is 86.7 Å². The monoisotopic (exact) mass is 270 g/mol. The summed E-state index contributed by atoms with van der Waals surface area (Å²) in [4.78, 5) is 0. The van der Waals surface area contributed by atoms with Gasteiger partial charge in [-0.15, -0.1) is 0 Å². The first kappa shape index (κ1) is 15.0. The van der Waals surface area contributed by atoms with E-state index in [1.807, 2.05) is 0 Å². The summed E-state index contributed by atoms with van der Waals surface area (Å²) in [6.45, 7) is 6.22. The van der Waals surface area contributed by atoms with Gasteiger partial charge in [0, 0.05) is 0 Å². The third kappa shape index (κ3) is 7.30. The highest BCUT2D eigenvalue weighted by Crippen LogP contribution is 2.03. The SMILES string of the molecule is C=COS(=O)(=O)CCCCS(=O)(=O)OC=C. The molecule has 0 bridgehead atoms. The summed E-state index contributed by atoms with van der Waals surface area (Å²) in [7, 11) is -7.27. The molecule has 0 saturated heterocycles. The molecule has 0 aliphatic carbocycles. The number of hydrogen-bond donors (Lipinski definition) is 0. The van der Waals surface area contributed by atoms with Gasteiger partial charge in [0.25, 0.3) is 0 Å². The van der Waals surface area contributed by atoms with Crippen molar-refractivity contribution in [2.24, 2.45) is 0 Å². The molecule has 0 heterocycles. The highest BCUT2D eigenvalue weighted by atomic mass is 32.2. The van der Waals surface area contributed by atoms with Gasteiger partial charge in [0.15, 0.2) is 0 Å². The summed E-state index contributed by atoms with van der Waals surface area (Å²) in [6.07, 6.45) is 1.95. The van der Waals surface area contributed by atoms with Crippen molar-refractivity contribution in [1.82, 2.24) is 0 Å². The third-order valence-electron chi connectivity index (χ3n) is 1.47. The molecule has 0 fully saturated rings. The molecule has 0 aliphatic rings. The number of hydrogen-bond acceptors (Lipinski definition) is 6. The summed E-state index contributed by atoms with van der Waals surface area (Å²) in [6, 6.07) is 0. The maximum absolute atomic E-state index is 11.0. The predicted molar refractivity (Wildman–Crippen MR) is 59.4 cm³/mol. The van der Waals surface area contributed by atoms with Gasteiger partial charge in [0.1, 0.15) is 0 Å². The van der Waals surface area contributed by atoms with Gasteiger partial charge in [-0.05, 0) is 12.8 Å². The van der Waals surface area contributed by atoms with Gasteiger partial charge in [-0.1, -0.05) is 13.2 Å². The van der Waals surface area contributed by atoms with Crippen molar-refractivity contribution in [3.63, 3.8) is 0 Å². The van der Waals surface area contributed by atoms with Gasteiger partial charge in [-0.2, -0.15) is 16.8 Å². The van der Waals surface area contributed by atoms with E-state index in [2.05, 4.69) is 21.5 Å². The normalized spacial score (nSPS) is 11.8. The smallest absolute Gasteiger partial charge is 0.308 e. The van der Waals surface area contributed by atoms with Crippen molar-refractivity contribution in [3.05, 3.63) is 25.7 Å². The van der Waals surface area contributed by atoms with Crippen LogP contribution in [0, 0.1) is 0 Å². The molecule has 0 saturated carbocycles. The zero-order chi connectivity index (χ0) is 12.7. The highest BCUT2D eigenvalue weighted by Gasteiger charge is 2.13. The van der Waals surface area contributed by atoms with Crippen molar-refractivity contribution in [3.8, 4) is 0 Å². The second kappa shape index (κ2) is 6.54. The van der Waals surface area contributed by atoms with Gasteiger partial charge in [0.05, 0.1) is 24.0 Å². The zero-order valence-electron chi connectivity index (χ0n) is 8.66. The fraction of sp³-hybridized carbons (Fsp3) is 0.500. The lowest BCUT2D eigenvalue weighted by molar-refractivity contribution is 0.436. The van der Waals surface area contributed by atoms with Crippen LogP contribution in [0.5, 0.6) is 0 Å². The molecule has 6 nitrogen and oxygen atoms in total. The standard InChI is InChI=1S/C8H14O6S2/c1-3-13-15(9,10)7-5-6-8-16(11,12)14-4-2/h3-4H,1-2,5-8H2. The first-order chi connectivity index (χ1) is 7.33. The van der Waals surface area contributed by atoms with Crippen LogP contribution in [0.1, 0.15) is 12.8 Å². The lowest BCUT2D eigenvalue weighted by Crippen LogP contribution is -2.11. The molecule has 0 aromatic heterocycles. The molecule has 0 radical (unpaired) electrons. The van der Waals surface area contributed by atoms with E-state index in [-0.39, 0.29) is 24.3 Å². The second-order valence-corrected chi connectivity index (χ2v) is 6.19. The number of rotatable bonds is 9. The predicted octanol–water partition coefficient (Wildman–Crippen LogP) is 0.746. The zero-order valence-corrected chi connectivity index (χ0v) is 10.3. The van der Waals surface area contributed by atoms with Crippen molar-refractivity contribution < 1.29 is 25.2 Å². The van der Waals surface area contributed by atoms with E-state index in [4.69, 9.17) is 0 Å². The quantitative estimate of drug-likeness (QED) is 0.349. The van der Waals surface area contributed by atoms with Crippen LogP contribution in [-0.2, 0) is 28.6 Å². The molecular formula is C8H14O6S2. The van der Waals surface area contributed by atoms with E-state index in [1.165, 1.54) is 0 Å². The van der Waals surface area contributed by atoms with Gasteiger partial charge in [0.2, 0.25) is 0 Å². The molecule has 0 rings (SSSR count). The van der Waals surface area contributed by atoms with Crippen LogP contribution < -0.4 is 0 Å². The second-order valence-electron chi connectivity index (χ2n) is 2.76. The largest absolute Gasteiger partial charge is 0.391 e. The molecule has 0 aliphatic heterocycles. The molecule has 0 aromatic carbocycles. The molecule has 8 heteroatoms. The molecule has 0 N–H and O–H groups in total. The van der Waals surface area contributed by atoms with E-state index in [0.29, 0.717) is 0 Å². The maximum Gasteiger partial charge on any atom is 0.308 e. The fourth-order valence-corrected chi connectivity index (χ4v) is 2.58. The van der Waals surface area contributed by atoms with Crippen molar-refractivity contribution >= 4 is 20.2 Å². The van der Waals surface area contributed by atoms with E-state index in [0.717, 1.165) is 12.5 Å². The minimum Gasteiger partial charge on any atom is -0.391 e. The molecular weight excluding hydrogens is 256 g/mol. The van der Waals surface area contributed by atoms with Crippen LogP contribution in [0.4, 0.5) is 0 Å². The van der Waals surface area contributed by atoms with Crippen LogP contribution in [0.3, 0.4) is 0 Å². The highest BCUT2D eigenvalue weighted by molar-refractivity contribution is 7.87. The average Bonchev–Trinajstić information content (AvgIpc) is 2.12. The molecule has 0 unspecified atom stereocenters. The Labute approximate surface area is 95.8 Å². The lowest BCUT2D eigenvalue weighted by atomic mass is 10.4. The van der Waals surface area contributed by atoms with Crippen molar-refractivity contribution in [2.75, 3.05) is 11.5 Å². The first-order valence-corrected chi connectivity index (χ1v) is 7.52. The summed E-state index contributed by atoms with van der Waals surface area (Å²) < 4.78 is 52.5. The Balaban J connectivity index is 3.94. The first-order valence-electron chi connectivity index (χ1n) is 4.37. The Kier molecular flexibility index (Phi) is 6.12. The maximum atomic E-state index is 11.0. The third-order valence-corrected chi connectivity index (χ3v) is 3.90. The molecule has 0 aromatic rings. The van der Waals surface area contributed by atoms with Gasteiger partial charge >= 0.3 is 20.2 Å². The van der Waals surface area contributed by atoms with E-state index in [1.54, 1.807) is 0 Å². The van der Waals surface area contributed by atoms with Crippen LogP contribution in [0.25, 0.3) is 0 Å².